The number of anilines is 1. The number of rotatable bonds is 9. The summed E-state index contributed by atoms with van der Waals surface area (Å²) in [5, 5.41) is 23.1. The smallest absolute Gasteiger partial charge is 0.271 e. The number of hydrogen-bond acceptors (Lipinski definition) is 7. The van der Waals surface area contributed by atoms with E-state index in [1.807, 2.05) is 6.07 Å². The number of carbonyl (C=O) groups excluding carboxylic acids is 1. The standard InChI is InChI=1S/C25H19BrFN3O6/c1-34-22-8-7-18(30(32)33)12-21(22)29-25(31)17(13-28)9-15-10-19(26)24(23(11-15)35-2)36-14-16-5-3-4-6-20(16)27/h3-12H,14H2,1-2H3,(H,29,31)/b17-9+. The molecule has 0 fully saturated rings. The second kappa shape index (κ2) is 11.8. The monoisotopic (exact) mass is 555 g/mol. The Balaban J connectivity index is 1.87. The Labute approximate surface area is 214 Å². The van der Waals surface area contributed by atoms with E-state index in [4.69, 9.17) is 14.2 Å². The van der Waals surface area contributed by atoms with E-state index < -0.39 is 16.6 Å². The molecule has 1 amide bonds. The van der Waals surface area contributed by atoms with Gasteiger partial charge in [0.2, 0.25) is 0 Å². The van der Waals surface area contributed by atoms with E-state index in [2.05, 4.69) is 21.2 Å². The summed E-state index contributed by atoms with van der Waals surface area (Å²) in [6, 6.07) is 14.9. The van der Waals surface area contributed by atoms with Crippen molar-refractivity contribution >= 4 is 39.3 Å². The van der Waals surface area contributed by atoms with E-state index >= 15 is 0 Å². The first-order valence-electron chi connectivity index (χ1n) is 10.3. The van der Waals surface area contributed by atoms with Crippen molar-refractivity contribution in [3.8, 4) is 23.3 Å². The molecule has 0 aliphatic rings. The quantitative estimate of drug-likeness (QED) is 0.157. The zero-order valence-corrected chi connectivity index (χ0v) is 20.7. The van der Waals surface area contributed by atoms with Gasteiger partial charge in [0.25, 0.3) is 11.6 Å². The first-order valence-corrected chi connectivity index (χ1v) is 11.1. The molecule has 11 heteroatoms. The molecule has 184 valence electrons. The minimum Gasteiger partial charge on any atom is -0.495 e. The molecular weight excluding hydrogens is 537 g/mol. The van der Waals surface area contributed by atoms with Gasteiger partial charge in [0.1, 0.15) is 29.8 Å². The molecule has 0 aliphatic heterocycles. The molecule has 36 heavy (non-hydrogen) atoms. The van der Waals surface area contributed by atoms with E-state index in [0.717, 1.165) is 6.07 Å². The van der Waals surface area contributed by atoms with Crippen molar-refractivity contribution in [2.45, 2.75) is 6.61 Å². The Morgan fingerprint density at radius 1 is 1.17 bits per heavy atom. The van der Waals surface area contributed by atoms with Gasteiger partial charge in [0.15, 0.2) is 11.5 Å². The number of nitrogens with one attached hydrogen (secondary N) is 1. The van der Waals surface area contributed by atoms with E-state index in [1.54, 1.807) is 30.3 Å². The minimum atomic E-state index is -0.800. The van der Waals surface area contributed by atoms with Crippen LogP contribution < -0.4 is 19.5 Å². The number of methoxy groups -OCH3 is 2. The Kier molecular flexibility index (Phi) is 8.59. The third-order valence-corrected chi connectivity index (χ3v) is 5.49. The molecule has 0 spiro atoms. The normalized spacial score (nSPS) is 10.8. The highest BCUT2D eigenvalue weighted by Gasteiger charge is 2.18. The van der Waals surface area contributed by atoms with Crippen LogP contribution in [0.3, 0.4) is 0 Å². The van der Waals surface area contributed by atoms with Gasteiger partial charge in [-0.1, -0.05) is 18.2 Å². The molecule has 1 N–H and O–H groups in total. The van der Waals surface area contributed by atoms with Crippen molar-refractivity contribution < 1.29 is 28.3 Å². The van der Waals surface area contributed by atoms with Crippen LogP contribution in [-0.4, -0.2) is 25.1 Å². The van der Waals surface area contributed by atoms with E-state index in [0.29, 0.717) is 21.3 Å². The van der Waals surface area contributed by atoms with Crippen LogP contribution in [-0.2, 0) is 11.4 Å². The van der Waals surface area contributed by atoms with Gasteiger partial charge in [-0.3, -0.25) is 14.9 Å². The molecule has 0 unspecified atom stereocenters. The van der Waals surface area contributed by atoms with Crippen LogP contribution in [0.2, 0.25) is 0 Å². The molecular formula is C25H19BrFN3O6. The number of nitro benzene ring substituents is 1. The van der Waals surface area contributed by atoms with Gasteiger partial charge in [-0.15, -0.1) is 0 Å². The molecule has 0 saturated carbocycles. The van der Waals surface area contributed by atoms with Crippen molar-refractivity contribution in [3.63, 3.8) is 0 Å². The molecule has 3 rings (SSSR count). The van der Waals surface area contributed by atoms with Crippen LogP contribution in [0.4, 0.5) is 15.8 Å². The largest absolute Gasteiger partial charge is 0.495 e. The summed E-state index contributed by atoms with van der Waals surface area (Å²) in [6.45, 7) is -0.0479. The molecule has 0 atom stereocenters. The summed E-state index contributed by atoms with van der Waals surface area (Å²) in [5.74, 6) is -0.428. The molecule has 0 aliphatic carbocycles. The molecule has 0 heterocycles. The number of nitriles is 1. The van der Waals surface area contributed by atoms with Crippen LogP contribution in [0.5, 0.6) is 17.2 Å². The predicted molar refractivity (Wildman–Crippen MR) is 133 cm³/mol. The van der Waals surface area contributed by atoms with Crippen LogP contribution in [0.1, 0.15) is 11.1 Å². The van der Waals surface area contributed by atoms with Crippen LogP contribution >= 0.6 is 15.9 Å². The van der Waals surface area contributed by atoms with Gasteiger partial charge < -0.3 is 19.5 Å². The number of nitrogens with zero attached hydrogens (tertiary/aromatic N) is 2. The van der Waals surface area contributed by atoms with Gasteiger partial charge in [0, 0.05) is 17.7 Å². The molecule has 0 aromatic heterocycles. The maximum atomic E-state index is 13.9. The number of carbonyl (C=O) groups is 1. The second-order valence-electron chi connectivity index (χ2n) is 7.18. The number of hydrogen-bond donors (Lipinski definition) is 1. The van der Waals surface area contributed by atoms with Crippen LogP contribution in [0, 0.1) is 27.3 Å². The first kappa shape index (κ1) is 26.2. The predicted octanol–water partition coefficient (Wildman–Crippen LogP) is 5.64. The van der Waals surface area contributed by atoms with Crippen molar-refractivity contribution in [2.24, 2.45) is 0 Å². The van der Waals surface area contributed by atoms with Crippen molar-refractivity contribution in [1.82, 2.24) is 0 Å². The maximum absolute atomic E-state index is 13.9. The van der Waals surface area contributed by atoms with Gasteiger partial charge in [-0.2, -0.15) is 5.26 Å². The number of ether oxygens (including phenoxy) is 3. The summed E-state index contributed by atoms with van der Waals surface area (Å²) in [6.07, 6.45) is 1.31. The van der Waals surface area contributed by atoms with E-state index in [9.17, 15) is 24.6 Å². The number of benzene rings is 3. The SMILES string of the molecule is COc1ccc([N+](=O)[O-])cc1NC(=O)/C(C#N)=C/c1cc(Br)c(OCc2ccccc2F)c(OC)c1. The zero-order valence-electron chi connectivity index (χ0n) is 19.1. The lowest BCUT2D eigenvalue weighted by Crippen LogP contribution is -2.14. The average molecular weight is 556 g/mol. The van der Waals surface area contributed by atoms with Gasteiger partial charge in [-0.25, -0.2) is 4.39 Å². The third kappa shape index (κ3) is 6.17. The molecule has 0 saturated heterocycles. The topological polar surface area (TPSA) is 124 Å². The number of halogens is 2. The van der Waals surface area contributed by atoms with Crippen LogP contribution in [0.25, 0.3) is 6.08 Å². The van der Waals surface area contributed by atoms with Gasteiger partial charge in [-0.05, 0) is 51.8 Å². The summed E-state index contributed by atoms with van der Waals surface area (Å²) in [4.78, 5) is 23.2. The minimum absolute atomic E-state index is 0.0357. The van der Waals surface area contributed by atoms with Gasteiger partial charge >= 0.3 is 0 Å². The number of nitro groups is 1. The third-order valence-electron chi connectivity index (χ3n) is 4.90. The maximum Gasteiger partial charge on any atom is 0.271 e. The van der Waals surface area contributed by atoms with E-state index in [1.165, 1.54) is 38.5 Å². The highest BCUT2D eigenvalue weighted by molar-refractivity contribution is 9.10. The summed E-state index contributed by atoms with van der Waals surface area (Å²) in [7, 11) is 2.76. The fourth-order valence-corrected chi connectivity index (χ4v) is 3.71. The highest BCUT2D eigenvalue weighted by Crippen LogP contribution is 2.38. The lowest BCUT2D eigenvalue weighted by atomic mass is 10.1. The Bertz CT molecular complexity index is 1390. The number of amides is 1. The summed E-state index contributed by atoms with van der Waals surface area (Å²) < 4.78 is 30.6. The Morgan fingerprint density at radius 3 is 2.53 bits per heavy atom. The molecule has 9 nitrogen and oxygen atoms in total. The zero-order chi connectivity index (χ0) is 26.2. The molecule has 0 bridgehead atoms. The fraction of sp³-hybridized carbons (Fsp3) is 0.120. The Morgan fingerprint density at radius 2 is 1.89 bits per heavy atom. The molecule has 3 aromatic rings. The summed E-state index contributed by atoms with van der Waals surface area (Å²) in [5.41, 5.74) is 0.282. The van der Waals surface area contributed by atoms with Crippen molar-refractivity contribution in [1.29, 1.82) is 5.26 Å². The van der Waals surface area contributed by atoms with Crippen LogP contribution in [0.15, 0.2) is 64.6 Å². The van der Waals surface area contributed by atoms with Crippen molar-refractivity contribution in [2.75, 3.05) is 19.5 Å². The molecule has 3 aromatic carbocycles. The number of non-ortho nitro benzene ring substituents is 1. The Hall–Kier alpha value is -4.43. The lowest BCUT2D eigenvalue weighted by Gasteiger charge is -2.14. The van der Waals surface area contributed by atoms with Gasteiger partial charge in [0.05, 0.1) is 29.3 Å². The first-order chi connectivity index (χ1) is 17.3. The average Bonchev–Trinajstić information content (AvgIpc) is 2.87. The fourth-order valence-electron chi connectivity index (χ4n) is 3.14. The highest BCUT2D eigenvalue weighted by atomic mass is 79.9. The van der Waals surface area contributed by atoms with E-state index in [-0.39, 0.29) is 35.1 Å². The second-order valence-corrected chi connectivity index (χ2v) is 8.03. The van der Waals surface area contributed by atoms with Crippen molar-refractivity contribution in [3.05, 3.63) is 91.7 Å². The molecule has 0 radical (unpaired) electrons. The lowest BCUT2D eigenvalue weighted by molar-refractivity contribution is -0.384. The summed E-state index contributed by atoms with van der Waals surface area (Å²) >= 11 is 3.38.